The summed E-state index contributed by atoms with van der Waals surface area (Å²) in [6.45, 7) is 8.68. The number of carbonyl (C=O) groups is 2. The molecule has 1 aliphatic rings. The summed E-state index contributed by atoms with van der Waals surface area (Å²) in [6, 6.07) is 17.0. The highest BCUT2D eigenvalue weighted by molar-refractivity contribution is 6.51. The van der Waals surface area contributed by atoms with Crippen molar-refractivity contribution in [2.45, 2.75) is 40.2 Å². The third-order valence-corrected chi connectivity index (χ3v) is 6.47. The van der Waals surface area contributed by atoms with Gasteiger partial charge in [-0.25, -0.2) is 0 Å². The van der Waals surface area contributed by atoms with Crippen molar-refractivity contribution in [3.05, 3.63) is 88.5 Å². The summed E-state index contributed by atoms with van der Waals surface area (Å²) in [6.07, 6.45) is 0.870. The molecule has 3 aromatic rings. The minimum Gasteiger partial charge on any atom is -0.507 e. The lowest BCUT2D eigenvalue weighted by Gasteiger charge is -2.27. The highest BCUT2D eigenvalue weighted by atomic mass is 16.5. The molecule has 0 bridgehead atoms. The first-order chi connectivity index (χ1) is 18.3. The molecule has 1 amide bonds. The lowest BCUT2D eigenvalue weighted by Crippen LogP contribution is -2.30. The monoisotopic (exact) mass is 515 g/mol. The van der Waals surface area contributed by atoms with Crippen LogP contribution < -0.4 is 19.1 Å². The van der Waals surface area contributed by atoms with Gasteiger partial charge >= 0.3 is 0 Å². The van der Waals surface area contributed by atoms with Crippen LogP contribution in [0, 0.1) is 13.8 Å². The zero-order chi connectivity index (χ0) is 27.4. The van der Waals surface area contributed by atoms with Gasteiger partial charge in [0.1, 0.15) is 11.5 Å². The van der Waals surface area contributed by atoms with Gasteiger partial charge in [0.25, 0.3) is 11.7 Å². The summed E-state index contributed by atoms with van der Waals surface area (Å²) >= 11 is 0. The molecular formula is C31H33NO6. The van der Waals surface area contributed by atoms with Crippen molar-refractivity contribution < 1.29 is 28.9 Å². The van der Waals surface area contributed by atoms with Crippen LogP contribution in [0.2, 0.25) is 0 Å². The SMILES string of the molecule is CCCOc1ccc(/C(O)=C2/C(=O)C(=O)N(c3cc(C)ccc3C)C2c2ccc(OC)c(OCC)c2)cc1. The zero-order valence-corrected chi connectivity index (χ0v) is 22.4. The van der Waals surface area contributed by atoms with Gasteiger partial charge in [-0.15, -0.1) is 0 Å². The van der Waals surface area contributed by atoms with E-state index in [0.717, 1.165) is 17.5 Å². The molecule has 0 spiro atoms. The van der Waals surface area contributed by atoms with Crippen LogP contribution in [0.4, 0.5) is 5.69 Å². The zero-order valence-electron chi connectivity index (χ0n) is 22.4. The number of rotatable bonds is 9. The van der Waals surface area contributed by atoms with E-state index in [9.17, 15) is 14.7 Å². The Kier molecular flexibility index (Phi) is 8.05. The van der Waals surface area contributed by atoms with E-state index < -0.39 is 17.7 Å². The number of Topliss-reactive ketones (excluding diaryl/α,β-unsaturated/α-hetero) is 1. The molecule has 1 heterocycles. The number of aliphatic hydroxyl groups is 1. The molecule has 198 valence electrons. The first-order valence-electron chi connectivity index (χ1n) is 12.7. The smallest absolute Gasteiger partial charge is 0.300 e. The summed E-state index contributed by atoms with van der Waals surface area (Å²) < 4.78 is 16.9. The molecule has 3 aromatic carbocycles. The molecule has 0 radical (unpaired) electrons. The summed E-state index contributed by atoms with van der Waals surface area (Å²) in [5.74, 6) is -0.0434. The number of methoxy groups -OCH3 is 1. The standard InChI is InChI=1S/C31H33NO6/c1-6-16-38-23-13-10-21(11-14-23)29(33)27-28(22-12-15-25(36-5)26(18-22)37-7-2)32(31(35)30(27)34)24-17-19(3)8-9-20(24)4/h8-15,17-18,28,33H,6-7,16H2,1-5H3/b29-27-. The van der Waals surface area contributed by atoms with E-state index in [1.807, 2.05) is 45.9 Å². The number of hydrogen-bond acceptors (Lipinski definition) is 6. The number of benzene rings is 3. The first-order valence-corrected chi connectivity index (χ1v) is 12.7. The van der Waals surface area contributed by atoms with E-state index in [1.54, 1.807) is 49.6 Å². The molecule has 4 rings (SSSR count). The molecule has 38 heavy (non-hydrogen) atoms. The number of carbonyl (C=O) groups excluding carboxylic acids is 2. The second-order valence-corrected chi connectivity index (χ2v) is 9.18. The topological polar surface area (TPSA) is 85.3 Å². The maximum atomic E-state index is 13.6. The number of nitrogens with zero attached hydrogens (tertiary/aromatic N) is 1. The lowest BCUT2D eigenvalue weighted by molar-refractivity contribution is -0.132. The van der Waals surface area contributed by atoms with E-state index >= 15 is 0 Å². The van der Waals surface area contributed by atoms with E-state index in [2.05, 4.69) is 0 Å². The van der Waals surface area contributed by atoms with E-state index in [1.165, 1.54) is 4.90 Å². The quantitative estimate of drug-likeness (QED) is 0.210. The van der Waals surface area contributed by atoms with Crippen molar-refractivity contribution in [1.82, 2.24) is 0 Å². The molecule has 0 saturated carbocycles. The second-order valence-electron chi connectivity index (χ2n) is 9.18. The number of ether oxygens (including phenoxy) is 3. The van der Waals surface area contributed by atoms with Gasteiger partial charge < -0.3 is 19.3 Å². The molecule has 0 aromatic heterocycles. The van der Waals surface area contributed by atoms with Crippen molar-refractivity contribution >= 4 is 23.1 Å². The molecular weight excluding hydrogens is 482 g/mol. The third-order valence-electron chi connectivity index (χ3n) is 6.47. The molecule has 1 saturated heterocycles. The van der Waals surface area contributed by atoms with Gasteiger partial charge in [0.05, 0.1) is 31.9 Å². The molecule has 1 fully saturated rings. The average Bonchev–Trinajstić information content (AvgIpc) is 3.18. The number of anilines is 1. The van der Waals surface area contributed by atoms with Crippen LogP contribution in [-0.4, -0.2) is 37.1 Å². The van der Waals surface area contributed by atoms with Crippen LogP contribution in [-0.2, 0) is 9.59 Å². The molecule has 7 heteroatoms. The molecule has 0 aliphatic carbocycles. The Morgan fingerprint density at radius 3 is 2.32 bits per heavy atom. The van der Waals surface area contributed by atoms with Gasteiger partial charge in [-0.3, -0.25) is 14.5 Å². The summed E-state index contributed by atoms with van der Waals surface area (Å²) in [4.78, 5) is 28.6. The Labute approximate surface area is 223 Å². The lowest BCUT2D eigenvalue weighted by atomic mass is 9.94. The van der Waals surface area contributed by atoms with Crippen molar-refractivity contribution in [1.29, 1.82) is 0 Å². The Balaban J connectivity index is 1.92. The van der Waals surface area contributed by atoms with Crippen LogP contribution in [0.25, 0.3) is 5.76 Å². The molecule has 7 nitrogen and oxygen atoms in total. The molecule has 1 N–H and O–H groups in total. The number of ketones is 1. The van der Waals surface area contributed by atoms with E-state index in [-0.39, 0.29) is 11.3 Å². The number of aliphatic hydroxyl groups excluding tert-OH is 1. The van der Waals surface area contributed by atoms with Crippen LogP contribution in [0.1, 0.15) is 48.6 Å². The predicted octanol–water partition coefficient (Wildman–Crippen LogP) is 6.13. The van der Waals surface area contributed by atoms with E-state index in [4.69, 9.17) is 14.2 Å². The normalized spacial score (nSPS) is 16.6. The van der Waals surface area contributed by atoms with Gasteiger partial charge in [-0.1, -0.05) is 25.1 Å². The van der Waals surface area contributed by atoms with Crippen molar-refractivity contribution in [2.24, 2.45) is 0 Å². The Morgan fingerprint density at radius 1 is 0.921 bits per heavy atom. The van der Waals surface area contributed by atoms with Crippen molar-refractivity contribution in [2.75, 3.05) is 25.2 Å². The Bertz CT molecular complexity index is 1380. The van der Waals surface area contributed by atoms with Gasteiger partial charge in [-0.05, 0) is 86.3 Å². The van der Waals surface area contributed by atoms with E-state index in [0.29, 0.717) is 47.3 Å². The second kappa shape index (κ2) is 11.4. The molecule has 1 atom stereocenters. The first kappa shape index (κ1) is 26.8. The molecule has 1 unspecified atom stereocenters. The average molecular weight is 516 g/mol. The largest absolute Gasteiger partial charge is 0.507 e. The van der Waals surface area contributed by atoms with Crippen LogP contribution in [0.15, 0.2) is 66.2 Å². The van der Waals surface area contributed by atoms with Crippen molar-refractivity contribution in [3.8, 4) is 17.2 Å². The predicted molar refractivity (Wildman–Crippen MR) is 147 cm³/mol. The fourth-order valence-electron chi connectivity index (χ4n) is 4.59. The van der Waals surface area contributed by atoms with Crippen LogP contribution in [0.3, 0.4) is 0 Å². The Morgan fingerprint density at radius 2 is 1.66 bits per heavy atom. The highest BCUT2D eigenvalue weighted by Crippen LogP contribution is 2.45. The summed E-state index contributed by atoms with van der Waals surface area (Å²) in [5.41, 5.74) is 3.41. The van der Waals surface area contributed by atoms with Crippen molar-refractivity contribution in [3.63, 3.8) is 0 Å². The van der Waals surface area contributed by atoms with Crippen LogP contribution >= 0.6 is 0 Å². The number of hydrogen-bond donors (Lipinski definition) is 1. The highest BCUT2D eigenvalue weighted by Gasteiger charge is 2.47. The van der Waals surface area contributed by atoms with Gasteiger partial charge in [0.2, 0.25) is 0 Å². The third kappa shape index (κ3) is 5.09. The number of amides is 1. The van der Waals surface area contributed by atoms with Gasteiger partial charge in [-0.2, -0.15) is 0 Å². The Hall–Kier alpha value is -4.26. The molecule has 1 aliphatic heterocycles. The fourth-order valence-corrected chi connectivity index (χ4v) is 4.59. The summed E-state index contributed by atoms with van der Waals surface area (Å²) in [5, 5.41) is 11.5. The minimum absolute atomic E-state index is 0.00532. The van der Waals surface area contributed by atoms with Gasteiger partial charge in [0.15, 0.2) is 11.5 Å². The fraction of sp³-hybridized carbons (Fsp3) is 0.290. The van der Waals surface area contributed by atoms with Crippen LogP contribution in [0.5, 0.6) is 17.2 Å². The maximum Gasteiger partial charge on any atom is 0.300 e. The summed E-state index contributed by atoms with van der Waals surface area (Å²) in [7, 11) is 1.55. The maximum absolute atomic E-state index is 13.6. The minimum atomic E-state index is -0.878. The number of aryl methyl sites for hydroxylation is 2. The van der Waals surface area contributed by atoms with Gasteiger partial charge in [0, 0.05) is 11.3 Å².